The van der Waals surface area contributed by atoms with Crippen LogP contribution in [-0.4, -0.2) is 24.7 Å². The van der Waals surface area contributed by atoms with Crippen molar-refractivity contribution in [1.29, 1.82) is 0 Å². The monoisotopic (exact) mass is 331 g/mol. The number of rotatable bonds is 5. The number of urea groups is 1. The molecular weight excluding hydrogens is 310 g/mol. The standard InChI is InChI=1S/C17H21N3O2S/c1-22-15-5-6-16-12(7-15)3-2-4-13(16)8-18-17(21)19-9-14-10-23-11-20-14/h5-7,10-11,13H,2-4,8-9H2,1H3,(H2,18,19,21). The first-order valence-corrected chi connectivity index (χ1v) is 8.76. The van der Waals surface area contributed by atoms with Gasteiger partial charge in [0.25, 0.3) is 0 Å². The van der Waals surface area contributed by atoms with Crippen molar-refractivity contribution in [2.75, 3.05) is 13.7 Å². The molecule has 0 saturated heterocycles. The number of nitrogens with zero attached hydrogens (tertiary/aromatic N) is 1. The van der Waals surface area contributed by atoms with Crippen LogP contribution in [0, 0.1) is 0 Å². The summed E-state index contributed by atoms with van der Waals surface area (Å²) in [5, 5.41) is 7.76. The average Bonchev–Trinajstić information content (AvgIpc) is 3.11. The quantitative estimate of drug-likeness (QED) is 0.885. The number of carbonyl (C=O) groups is 1. The number of benzene rings is 1. The van der Waals surface area contributed by atoms with Crippen molar-refractivity contribution in [3.63, 3.8) is 0 Å². The maximum absolute atomic E-state index is 11.9. The molecule has 0 spiro atoms. The fraction of sp³-hybridized carbons (Fsp3) is 0.412. The highest BCUT2D eigenvalue weighted by Crippen LogP contribution is 2.33. The van der Waals surface area contributed by atoms with Gasteiger partial charge in [0.15, 0.2) is 0 Å². The molecule has 3 rings (SSSR count). The van der Waals surface area contributed by atoms with Gasteiger partial charge < -0.3 is 15.4 Å². The zero-order chi connectivity index (χ0) is 16.1. The molecule has 122 valence electrons. The minimum atomic E-state index is -0.140. The Labute approximate surface area is 140 Å². The molecule has 1 aliphatic carbocycles. The van der Waals surface area contributed by atoms with E-state index in [1.165, 1.54) is 22.5 Å². The van der Waals surface area contributed by atoms with E-state index in [0.29, 0.717) is 19.0 Å². The molecule has 6 heteroatoms. The molecule has 1 aliphatic rings. The van der Waals surface area contributed by atoms with Gasteiger partial charge in [0, 0.05) is 17.8 Å². The molecule has 1 aromatic heterocycles. The zero-order valence-corrected chi connectivity index (χ0v) is 14.0. The molecule has 1 aromatic carbocycles. The van der Waals surface area contributed by atoms with Gasteiger partial charge in [-0.3, -0.25) is 0 Å². The number of amides is 2. The van der Waals surface area contributed by atoms with Gasteiger partial charge in [-0.15, -0.1) is 11.3 Å². The van der Waals surface area contributed by atoms with Crippen LogP contribution in [0.2, 0.25) is 0 Å². The normalized spacial score (nSPS) is 16.5. The molecule has 5 nitrogen and oxygen atoms in total. The number of carbonyl (C=O) groups excluding carboxylic acids is 1. The third-order valence-electron chi connectivity index (χ3n) is 4.21. The molecule has 2 aromatic rings. The summed E-state index contributed by atoms with van der Waals surface area (Å²) in [4.78, 5) is 16.1. The second-order valence-electron chi connectivity index (χ2n) is 5.70. The lowest BCUT2D eigenvalue weighted by molar-refractivity contribution is 0.239. The largest absolute Gasteiger partial charge is 0.497 e. The van der Waals surface area contributed by atoms with Crippen LogP contribution in [0.4, 0.5) is 4.79 Å². The highest BCUT2D eigenvalue weighted by molar-refractivity contribution is 7.07. The third kappa shape index (κ3) is 4.01. The fourth-order valence-corrected chi connectivity index (χ4v) is 3.56. The molecule has 2 N–H and O–H groups in total. The number of hydrogen-bond donors (Lipinski definition) is 2. The lowest BCUT2D eigenvalue weighted by atomic mass is 9.82. The predicted molar refractivity (Wildman–Crippen MR) is 91.0 cm³/mol. The molecule has 0 radical (unpaired) electrons. The molecule has 0 aliphatic heterocycles. The Kier molecular flexibility index (Phi) is 5.12. The van der Waals surface area contributed by atoms with Gasteiger partial charge in [0.05, 0.1) is 24.9 Å². The summed E-state index contributed by atoms with van der Waals surface area (Å²) in [6, 6.07) is 6.11. The Morgan fingerprint density at radius 1 is 1.43 bits per heavy atom. The van der Waals surface area contributed by atoms with E-state index < -0.39 is 0 Å². The second-order valence-corrected chi connectivity index (χ2v) is 6.42. The van der Waals surface area contributed by atoms with E-state index in [1.807, 2.05) is 11.4 Å². The Morgan fingerprint density at radius 3 is 3.13 bits per heavy atom. The summed E-state index contributed by atoms with van der Waals surface area (Å²) >= 11 is 1.53. The van der Waals surface area contributed by atoms with Crippen molar-refractivity contribution in [3.05, 3.63) is 45.9 Å². The highest BCUT2D eigenvalue weighted by atomic mass is 32.1. The lowest BCUT2D eigenvalue weighted by Gasteiger charge is -2.26. The fourth-order valence-electron chi connectivity index (χ4n) is 3.00. The summed E-state index contributed by atoms with van der Waals surface area (Å²) in [5.41, 5.74) is 5.32. The van der Waals surface area contributed by atoms with Gasteiger partial charge in [0.2, 0.25) is 0 Å². The number of ether oxygens (including phenoxy) is 1. The third-order valence-corrected chi connectivity index (χ3v) is 4.85. The molecular formula is C17H21N3O2S. The van der Waals surface area contributed by atoms with Gasteiger partial charge in [-0.05, 0) is 42.5 Å². The van der Waals surface area contributed by atoms with Crippen LogP contribution in [-0.2, 0) is 13.0 Å². The van der Waals surface area contributed by atoms with Crippen LogP contribution in [0.15, 0.2) is 29.1 Å². The Balaban J connectivity index is 1.54. The Hall–Kier alpha value is -2.08. The van der Waals surface area contributed by atoms with E-state index in [9.17, 15) is 4.79 Å². The SMILES string of the molecule is COc1ccc2c(c1)CCCC2CNC(=O)NCc1cscn1. The molecule has 0 bridgehead atoms. The number of methoxy groups -OCH3 is 1. The zero-order valence-electron chi connectivity index (χ0n) is 13.2. The van der Waals surface area contributed by atoms with Crippen molar-refractivity contribution in [2.45, 2.75) is 31.7 Å². The maximum atomic E-state index is 11.9. The first-order chi connectivity index (χ1) is 11.3. The van der Waals surface area contributed by atoms with Crippen LogP contribution in [0.3, 0.4) is 0 Å². The van der Waals surface area contributed by atoms with Gasteiger partial charge in [-0.25, -0.2) is 9.78 Å². The van der Waals surface area contributed by atoms with Gasteiger partial charge in [-0.2, -0.15) is 0 Å². The average molecular weight is 331 g/mol. The Morgan fingerprint density at radius 2 is 2.35 bits per heavy atom. The molecule has 0 fully saturated rings. The first-order valence-electron chi connectivity index (χ1n) is 7.82. The molecule has 1 heterocycles. The second kappa shape index (κ2) is 7.46. The summed E-state index contributed by atoms with van der Waals surface area (Å²) in [6.45, 7) is 1.12. The van der Waals surface area contributed by atoms with E-state index in [1.54, 1.807) is 12.6 Å². The first kappa shape index (κ1) is 15.8. The summed E-state index contributed by atoms with van der Waals surface area (Å²) in [5.74, 6) is 1.27. The van der Waals surface area contributed by atoms with Crippen molar-refractivity contribution >= 4 is 17.4 Å². The number of aromatic nitrogens is 1. The van der Waals surface area contributed by atoms with Crippen LogP contribution in [0.5, 0.6) is 5.75 Å². The minimum Gasteiger partial charge on any atom is -0.497 e. The summed E-state index contributed by atoms with van der Waals surface area (Å²) in [6.07, 6.45) is 3.33. The van der Waals surface area contributed by atoms with E-state index in [4.69, 9.17) is 4.74 Å². The van der Waals surface area contributed by atoms with E-state index in [2.05, 4.69) is 27.8 Å². The van der Waals surface area contributed by atoms with Gasteiger partial charge in [-0.1, -0.05) is 6.07 Å². The predicted octanol–water partition coefficient (Wildman–Crippen LogP) is 3.07. The van der Waals surface area contributed by atoms with Gasteiger partial charge >= 0.3 is 6.03 Å². The van der Waals surface area contributed by atoms with Crippen molar-refractivity contribution in [3.8, 4) is 5.75 Å². The smallest absolute Gasteiger partial charge is 0.315 e. The Bertz CT molecular complexity index is 658. The van der Waals surface area contributed by atoms with Crippen LogP contribution >= 0.6 is 11.3 Å². The number of nitrogens with one attached hydrogen (secondary N) is 2. The highest BCUT2D eigenvalue weighted by Gasteiger charge is 2.21. The van der Waals surface area contributed by atoms with E-state index in [-0.39, 0.29) is 6.03 Å². The molecule has 1 unspecified atom stereocenters. The molecule has 0 saturated carbocycles. The lowest BCUT2D eigenvalue weighted by Crippen LogP contribution is -2.38. The maximum Gasteiger partial charge on any atom is 0.315 e. The van der Waals surface area contributed by atoms with E-state index in [0.717, 1.165) is 30.7 Å². The number of fused-ring (bicyclic) bond motifs is 1. The number of thiazole rings is 1. The molecule has 1 atom stereocenters. The van der Waals surface area contributed by atoms with Crippen molar-refractivity contribution in [1.82, 2.24) is 15.6 Å². The number of hydrogen-bond acceptors (Lipinski definition) is 4. The summed E-state index contributed by atoms with van der Waals surface area (Å²) < 4.78 is 5.30. The van der Waals surface area contributed by atoms with Crippen LogP contribution < -0.4 is 15.4 Å². The van der Waals surface area contributed by atoms with Crippen molar-refractivity contribution < 1.29 is 9.53 Å². The minimum absolute atomic E-state index is 0.140. The van der Waals surface area contributed by atoms with Crippen LogP contribution in [0.25, 0.3) is 0 Å². The number of aryl methyl sites for hydroxylation is 1. The van der Waals surface area contributed by atoms with E-state index >= 15 is 0 Å². The van der Waals surface area contributed by atoms with Crippen LogP contribution in [0.1, 0.15) is 35.6 Å². The molecule has 2 amide bonds. The van der Waals surface area contributed by atoms with Crippen molar-refractivity contribution in [2.24, 2.45) is 0 Å². The van der Waals surface area contributed by atoms with Gasteiger partial charge in [0.1, 0.15) is 5.75 Å². The molecule has 23 heavy (non-hydrogen) atoms. The summed E-state index contributed by atoms with van der Waals surface area (Å²) in [7, 11) is 1.69. The topological polar surface area (TPSA) is 63.2 Å².